The summed E-state index contributed by atoms with van der Waals surface area (Å²) in [5, 5.41) is 9.11. The molecule has 1 aliphatic heterocycles. The third-order valence-electron chi connectivity index (χ3n) is 2.63. The predicted molar refractivity (Wildman–Crippen MR) is 66.3 cm³/mol. The van der Waals surface area contributed by atoms with Gasteiger partial charge >= 0.3 is 5.69 Å². The maximum atomic E-state index is 11.6. The molecule has 1 aliphatic rings. The normalized spacial score (nSPS) is 28.5. The van der Waals surface area contributed by atoms with Gasteiger partial charge in [-0.15, -0.1) is 0 Å². The molecule has 0 aliphatic carbocycles. The van der Waals surface area contributed by atoms with Crippen molar-refractivity contribution in [1.29, 1.82) is 0 Å². The Labute approximate surface area is 108 Å². The second-order valence-corrected chi connectivity index (χ2v) is 4.85. The fraction of sp³-hybridized carbons (Fsp3) is 0.556. The van der Waals surface area contributed by atoms with Crippen LogP contribution in [0.5, 0.6) is 0 Å². The van der Waals surface area contributed by atoms with Crippen molar-refractivity contribution in [2.24, 2.45) is 0 Å². The largest absolute Gasteiger partial charge is 0.394 e. The van der Waals surface area contributed by atoms with Crippen molar-refractivity contribution >= 4 is 30.0 Å². The van der Waals surface area contributed by atoms with E-state index in [1.807, 2.05) is 0 Å². The minimum Gasteiger partial charge on any atom is -0.394 e. The van der Waals surface area contributed by atoms with E-state index in [0.717, 1.165) is 0 Å². The van der Waals surface area contributed by atoms with Crippen molar-refractivity contribution in [2.75, 3.05) is 12.3 Å². The van der Waals surface area contributed by atoms with Crippen LogP contribution in [0.1, 0.15) is 12.6 Å². The first-order chi connectivity index (χ1) is 8.02. The first-order valence-electron chi connectivity index (χ1n) is 5.01. The minimum absolute atomic E-state index is 0.00737. The minimum atomic E-state index is -0.531. The Morgan fingerprint density at radius 1 is 1.76 bits per heavy atom. The Bertz CT molecular complexity index is 481. The summed E-state index contributed by atoms with van der Waals surface area (Å²) < 4.78 is 6.74. The highest BCUT2D eigenvalue weighted by Crippen LogP contribution is 2.31. The van der Waals surface area contributed by atoms with Crippen LogP contribution in [0.2, 0.25) is 5.02 Å². The number of nitrogens with two attached hydrogens (primary N) is 1. The zero-order valence-corrected chi connectivity index (χ0v) is 10.4. The van der Waals surface area contributed by atoms with Gasteiger partial charge < -0.3 is 15.6 Å². The number of hydrogen-bond acceptors (Lipinski definition) is 6. The number of aliphatic hydroxyl groups excluding tert-OH is 1. The summed E-state index contributed by atoms with van der Waals surface area (Å²) >= 11 is 10.1. The van der Waals surface area contributed by atoms with Crippen LogP contribution in [0.15, 0.2) is 11.0 Å². The molecule has 94 valence electrons. The van der Waals surface area contributed by atoms with E-state index < -0.39 is 18.0 Å². The fourth-order valence-electron chi connectivity index (χ4n) is 1.71. The average Bonchev–Trinajstić information content (AvgIpc) is 2.65. The van der Waals surface area contributed by atoms with E-state index in [2.05, 4.69) is 17.6 Å². The third kappa shape index (κ3) is 2.42. The van der Waals surface area contributed by atoms with E-state index in [4.69, 9.17) is 27.2 Å². The highest BCUT2D eigenvalue weighted by Gasteiger charge is 2.34. The van der Waals surface area contributed by atoms with E-state index in [0.29, 0.717) is 6.42 Å². The monoisotopic (exact) mass is 277 g/mol. The number of nitrogens with zero attached hydrogens (tertiary/aromatic N) is 2. The Kier molecular flexibility index (Phi) is 3.62. The van der Waals surface area contributed by atoms with Gasteiger partial charge in [0.25, 0.3) is 0 Å². The van der Waals surface area contributed by atoms with Gasteiger partial charge in [0.15, 0.2) is 0 Å². The first kappa shape index (κ1) is 12.7. The molecule has 0 bridgehead atoms. The molecule has 1 aromatic heterocycles. The Morgan fingerprint density at radius 2 is 2.47 bits per heavy atom. The summed E-state index contributed by atoms with van der Waals surface area (Å²) in [6.45, 7) is -0.143. The lowest BCUT2D eigenvalue weighted by Crippen LogP contribution is -2.28. The molecular weight excluding hydrogens is 266 g/mol. The summed E-state index contributed by atoms with van der Waals surface area (Å²) in [7, 11) is 0. The molecular formula is C9H12ClN3O3S. The van der Waals surface area contributed by atoms with Gasteiger partial charge in [-0.1, -0.05) is 11.6 Å². The van der Waals surface area contributed by atoms with E-state index in [1.165, 1.54) is 10.8 Å². The lowest BCUT2D eigenvalue weighted by Gasteiger charge is -2.14. The number of aliphatic hydroxyl groups is 1. The first-order valence-corrected chi connectivity index (χ1v) is 5.91. The van der Waals surface area contributed by atoms with E-state index in [-0.39, 0.29) is 22.7 Å². The summed E-state index contributed by atoms with van der Waals surface area (Å²) in [5.74, 6) is -0.00737. The molecule has 0 amide bonds. The van der Waals surface area contributed by atoms with Crippen molar-refractivity contribution in [3.63, 3.8) is 0 Å². The zero-order valence-electron chi connectivity index (χ0n) is 8.78. The van der Waals surface area contributed by atoms with Crippen LogP contribution < -0.4 is 11.4 Å². The number of halogens is 1. The van der Waals surface area contributed by atoms with E-state index in [9.17, 15) is 4.79 Å². The molecule has 2 heterocycles. The second kappa shape index (κ2) is 4.85. The molecule has 1 saturated heterocycles. The van der Waals surface area contributed by atoms with Crippen LogP contribution >= 0.6 is 24.2 Å². The van der Waals surface area contributed by atoms with Crippen molar-refractivity contribution in [3.8, 4) is 0 Å². The smallest absolute Gasteiger partial charge is 0.351 e. The lowest BCUT2D eigenvalue weighted by atomic mass is 10.2. The maximum Gasteiger partial charge on any atom is 0.351 e. The third-order valence-corrected chi connectivity index (χ3v) is 3.46. The topological polar surface area (TPSA) is 90.4 Å². The highest BCUT2D eigenvalue weighted by atomic mass is 35.5. The Hall–Kier alpha value is -0.760. The molecule has 0 radical (unpaired) electrons. The van der Waals surface area contributed by atoms with E-state index in [1.54, 1.807) is 0 Å². The molecule has 3 atom stereocenters. The van der Waals surface area contributed by atoms with E-state index >= 15 is 0 Å². The van der Waals surface area contributed by atoms with Crippen LogP contribution in [0.25, 0.3) is 0 Å². The Balaban J connectivity index is 2.30. The Morgan fingerprint density at radius 3 is 3.06 bits per heavy atom. The van der Waals surface area contributed by atoms with Gasteiger partial charge in [-0.25, -0.2) is 4.79 Å². The molecule has 17 heavy (non-hydrogen) atoms. The molecule has 3 N–H and O–H groups in total. The molecule has 1 unspecified atom stereocenters. The van der Waals surface area contributed by atoms with Crippen LogP contribution in [-0.4, -0.2) is 32.6 Å². The van der Waals surface area contributed by atoms with Crippen LogP contribution in [0.3, 0.4) is 0 Å². The molecule has 1 fully saturated rings. The SMILES string of the molecule is Nc1nc(=O)n([C@H]2CC(S)[C@@H](CO)O2)cc1Cl. The summed E-state index contributed by atoms with van der Waals surface area (Å²) in [6.07, 6.45) is 0.965. The standard InChI is InChI=1S/C9H12ClN3O3S/c10-4-2-13(9(15)12-8(4)11)7-1-6(17)5(3-14)16-7/h2,5-7,14,17H,1,3H2,(H2,11,12,15)/t5-,6?,7-/m1/s1. The summed E-state index contributed by atoms with van der Waals surface area (Å²) in [5.41, 5.74) is 4.89. The predicted octanol–water partition coefficient (Wildman–Crippen LogP) is 0.0571. The van der Waals surface area contributed by atoms with Crippen LogP contribution in [0, 0.1) is 0 Å². The number of ether oxygens (including phenoxy) is 1. The van der Waals surface area contributed by atoms with Gasteiger partial charge in [-0.05, 0) is 0 Å². The fourth-order valence-corrected chi connectivity index (χ4v) is 2.21. The van der Waals surface area contributed by atoms with Crippen molar-refractivity contribution in [1.82, 2.24) is 9.55 Å². The molecule has 6 nitrogen and oxygen atoms in total. The molecule has 2 rings (SSSR count). The van der Waals surface area contributed by atoms with Gasteiger partial charge in [-0.2, -0.15) is 17.6 Å². The van der Waals surface area contributed by atoms with Crippen molar-refractivity contribution in [2.45, 2.75) is 24.0 Å². The highest BCUT2D eigenvalue weighted by molar-refractivity contribution is 7.81. The molecule has 0 spiro atoms. The van der Waals surface area contributed by atoms with Gasteiger partial charge in [0.2, 0.25) is 0 Å². The number of nitrogen functional groups attached to an aromatic ring is 1. The van der Waals surface area contributed by atoms with Crippen molar-refractivity contribution in [3.05, 3.63) is 21.7 Å². The van der Waals surface area contributed by atoms with Crippen molar-refractivity contribution < 1.29 is 9.84 Å². The number of hydrogen-bond donors (Lipinski definition) is 3. The molecule has 0 aromatic carbocycles. The second-order valence-electron chi connectivity index (χ2n) is 3.78. The molecule has 0 saturated carbocycles. The maximum absolute atomic E-state index is 11.6. The van der Waals surface area contributed by atoms with Gasteiger partial charge in [0.1, 0.15) is 12.0 Å². The van der Waals surface area contributed by atoms with Gasteiger partial charge in [0, 0.05) is 17.9 Å². The number of thiol groups is 1. The number of rotatable bonds is 2. The zero-order chi connectivity index (χ0) is 12.6. The molecule has 1 aromatic rings. The van der Waals surface area contributed by atoms with Crippen LogP contribution in [-0.2, 0) is 4.74 Å². The van der Waals surface area contributed by atoms with Gasteiger partial charge in [0.05, 0.1) is 17.7 Å². The average molecular weight is 278 g/mol. The van der Waals surface area contributed by atoms with Crippen LogP contribution in [0.4, 0.5) is 5.82 Å². The molecule has 8 heteroatoms. The number of aromatic nitrogens is 2. The summed E-state index contributed by atoms with van der Waals surface area (Å²) in [4.78, 5) is 15.2. The number of anilines is 1. The lowest BCUT2D eigenvalue weighted by molar-refractivity contribution is -0.0235. The quantitative estimate of drug-likeness (QED) is 0.665. The van der Waals surface area contributed by atoms with Gasteiger partial charge in [-0.3, -0.25) is 4.57 Å². The summed E-state index contributed by atoms with van der Waals surface area (Å²) in [6, 6.07) is 0.